The topological polar surface area (TPSA) is 20.2 Å². The molecule has 1 nitrogen and oxygen atoms in total. The fourth-order valence-electron chi connectivity index (χ4n) is 1.69. The van der Waals surface area contributed by atoms with E-state index in [-0.39, 0.29) is 5.92 Å². The molecule has 1 aliphatic carbocycles. The molecule has 0 spiro atoms. The van der Waals surface area contributed by atoms with Gasteiger partial charge in [-0.3, -0.25) is 0 Å². The van der Waals surface area contributed by atoms with Crippen molar-refractivity contribution in [3.63, 3.8) is 0 Å². The Balaban J connectivity index is 2.36. The van der Waals surface area contributed by atoms with E-state index in [2.05, 4.69) is 0 Å². The second-order valence-electron chi connectivity index (χ2n) is 4.05. The Hall–Kier alpha value is -0.960. The summed E-state index contributed by atoms with van der Waals surface area (Å²) in [6.45, 7) is 1.65. The van der Waals surface area contributed by atoms with E-state index >= 15 is 0 Å². The molecule has 1 aromatic rings. The second-order valence-corrected chi connectivity index (χ2v) is 4.05. The lowest BCUT2D eigenvalue weighted by Gasteiger charge is -2.23. The van der Waals surface area contributed by atoms with Gasteiger partial charge in [0.1, 0.15) is 0 Å². The van der Waals surface area contributed by atoms with Crippen LogP contribution in [0.3, 0.4) is 0 Å². The molecule has 3 heteroatoms. The van der Waals surface area contributed by atoms with Crippen molar-refractivity contribution in [1.29, 1.82) is 0 Å². The Bertz CT molecular complexity index is 356. The van der Waals surface area contributed by atoms with Gasteiger partial charge in [0.15, 0.2) is 11.6 Å². The molecule has 1 atom stereocenters. The van der Waals surface area contributed by atoms with Crippen LogP contribution in [0.4, 0.5) is 8.78 Å². The second kappa shape index (κ2) is 3.02. The molecule has 0 radical (unpaired) electrons. The first-order chi connectivity index (χ1) is 6.51. The monoisotopic (exact) mass is 198 g/mol. The van der Waals surface area contributed by atoms with Gasteiger partial charge in [0.05, 0.1) is 5.60 Å². The van der Waals surface area contributed by atoms with Gasteiger partial charge in [-0.2, -0.15) is 0 Å². The minimum absolute atomic E-state index is 0.187. The molecule has 1 fully saturated rings. The molecule has 1 aliphatic rings. The van der Waals surface area contributed by atoms with Gasteiger partial charge < -0.3 is 5.11 Å². The van der Waals surface area contributed by atoms with Crippen molar-refractivity contribution in [1.82, 2.24) is 0 Å². The summed E-state index contributed by atoms with van der Waals surface area (Å²) >= 11 is 0. The highest BCUT2D eigenvalue weighted by Crippen LogP contribution is 2.45. The van der Waals surface area contributed by atoms with Gasteiger partial charge in [0.25, 0.3) is 0 Å². The van der Waals surface area contributed by atoms with Gasteiger partial charge in [0, 0.05) is 0 Å². The van der Waals surface area contributed by atoms with Crippen molar-refractivity contribution < 1.29 is 13.9 Å². The van der Waals surface area contributed by atoms with Gasteiger partial charge in [0.2, 0.25) is 0 Å². The molecular formula is C11H12F2O. The van der Waals surface area contributed by atoms with Gasteiger partial charge >= 0.3 is 0 Å². The van der Waals surface area contributed by atoms with E-state index in [1.54, 1.807) is 6.92 Å². The van der Waals surface area contributed by atoms with Crippen molar-refractivity contribution in [3.8, 4) is 0 Å². The average Bonchev–Trinajstić information content (AvgIpc) is 2.92. The minimum Gasteiger partial charge on any atom is -0.385 e. The Morgan fingerprint density at radius 2 is 1.93 bits per heavy atom. The number of aliphatic hydroxyl groups is 1. The molecule has 76 valence electrons. The summed E-state index contributed by atoms with van der Waals surface area (Å²) in [5.74, 6) is -1.59. The molecule has 14 heavy (non-hydrogen) atoms. The van der Waals surface area contributed by atoms with Crippen LogP contribution in [0.1, 0.15) is 25.3 Å². The van der Waals surface area contributed by atoms with E-state index in [1.807, 2.05) is 0 Å². The Morgan fingerprint density at radius 1 is 1.29 bits per heavy atom. The normalized spacial score (nSPS) is 20.6. The molecule has 0 heterocycles. The predicted molar refractivity (Wildman–Crippen MR) is 48.7 cm³/mol. The lowest BCUT2D eigenvalue weighted by atomic mass is 9.91. The highest BCUT2D eigenvalue weighted by molar-refractivity contribution is 5.25. The molecule has 1 N–H and O–H groups in total. The molecular weight excluding hydrogens is 186 g/mol. The molecule has 1 aromatic carbocycles. The highest BCUT2D eigenvalue weighted by atomic mass is 19.2. The molecule has 0 bridgehead atoms. The van der Waals surface area contributed by atoms with E-state index in [0.717, 1.165) is 25.0 Å². The smallest absolute Gasteiger partial charge is 0.159 e. The first-order valence-electron chi connectivity index (χ1n) is 4.69. The SMILES string of the molecule is C[C@](O)(c1ccc(F)c(F)c1)C1CC1. The van der Waals surface area contributed by atoms with Crippen LogP contribution in [0.25, 0.3) is 0 Å². The van der Waals surface area contributed by atoms with E-state index in [1.165, 1.54) is 6.07 Å². The van der Waals surface area contributed by atoms with Crippen molar-refractivity contribution in [2.24, 2.45) is 5.92 Å². The van der Waals surface area contributed by atoms with E-state index < -0.39 is 17.2 Å². The maximum atomic E-state index is 12.9. The third-order valence-electron chi connectivity index (χ3n) is 2.88. The van der Waals surface area contributed by atoms with Crippen LogP contribution in [0.2, 0.25) is 0 Å². The quantitative estimate of drug-likeness (QED) is 0.774. The molecule has 0 amide bonds. The highest BCUT2D eigenvalue weighted by Gasteiger charge is 2.41. The maximum absolute atomic E-state index is 12.9. The number of hydrogen-bond acceptors (Lipinski definition) is 1. The van der Waals surface area contributed by atoms with Gasteiger partial charge in [-0.25, -0.2) is 8.78 Å². The van der Waals surface area contributed by atoms with Crippen molar-refractivity contribution in [2.75, 3.05) is 0 Å². The molecule has 1 saturated carbocycles. The summed E-state index contributed by atoms with van der Waals surface area (Å²) in [4.78, 5) is 0. The minimum atomic E-state index is -1.02. The van der Waals surface area contributed by atoms with Gasteiger partial charge in [-0.1, -0.05) is 6.07 Å². The van der Waals surface area contributed by atoms with Crippen molar-refractivity contribution in [2.45, 2.75) is 25.4 Å². The molecule has 2 rings (SSSR count). The van der Waals surface area contributed by atoms with Crippen LogP contribution in [0.5, 0.6) is 0 Å². The fraction of sp³-hybridized carbons (Fsp3) is 0.455. The predicted octanol–water partition coefficient (Wildman–Crippen LogP) is 2.58. The maximum Gasteiger partial charge on any atom is 0.159 e. The third-order valence-corrected chi connectivity index (χ3v) is 2.88. The number of halogens is 2. The van der Waals surface area contributed by atoms with E-state index in [9.17, 15) is 13.9 Å². The third kappa shape index (κ3) is 1.52. The summed E-state index contributed by atoms with van der Waals surface area (Å²) in [7, 11) is 0. The molecule has 0 aliphatic heterocycles. The summed E-state index contributed by atoms with van der Waals surface area (Å²) < 4.78 is 25.6. The Morgan fingerprint density at radius 3 is 2.43 bits per heavy atom. The van der Waals surface area contributed by atoms with Crippen LogP contribution in [0, 0.1) is 17.6 Å². The van der Waals surface area contributed by atoms with Crippen LogP contribution in [-0.2, 0) is 5.60 Å². The Labute approximate surface area is 81.4 Å². The van der Waals surface area contributed by atoms with Crippen LogP contribution >= 0.6 is 0 Å². The average molecular weight is 198 g/mol. The zero-order valence-corrected chi connectivity index (χ0v) is 7.93. The van der Waals surface area contributed by atoms with Gasteiger partial charge in [-0.05, 0) is 43.4 Å². The fourth-order valence-corrected chi connectivity index (χ4v) is 1.69. The molecule has 0 unspecified atom stereocenters. The van der Waals surface area contributed by atoms with Crippen LogP contribution in [-0.4, -0.2) is 5.11 Å². The van der Waals surface area contributed by atoms with Gasteiger partial charge in [-0.15, -0.1) is 0 Å². The van der Waals surface area contributed by atoms with E-state index in [0.29, 0.717) is 5.56 Å². The molecule has 0 aromatic heterocycles. The molecule has 0 saturated heterocycles. The standard InChI is InChI=1S/C11H12F2O/c1-11(14,7-2-3-7)8-4-5-9(12)10(13)6-8/h4-7,14H,2-3H2,1H3/t11-/m1/s1. The number of rotatable bonds is 2. The van der Waals surface area contributed by atoms with Crippen molar-refractivity contribution in [3.05, 3.63) is 35.4 Å². The summed E-state index contributed by atoms with van der Waals surface area (Å²) in [5.41, 5.74) is -0.562. The number of benzene rings is 1. The zero-order chi connectivity index (χ0) is 10.3. The van der Waals surface area contributed by atoms with E-state index in [4.69, 9.17) is 0 Å². The first-order valence-corrected chi connectivity index (χ1v) is 4.69. The van der Waals surface area contributed by atoms with Crippen LogP contribution in [0.15, 0.2) is 18.2 Å². The summed E-state index contributed by atoms with van der Waals surface area (Å²) in [5, 5.41) is 10.1. The lowest BCUT2D eigenvalue weighted by molar-refractivity contribution is 0.0327. The van der Waals surface area contributed by atoms with Crippen molar-refractivity contribution >= 4 is 0 Å². The number of hydrogen-bond donors (Lipinski definition) is 1. The van der Waals surface area contributed by atoms with Crippen LogP contribution < -0.4 is 0 Å². The largest absolute Gasteiger partial charge is 0.385 e. The summed E-state index contributed by atoms with van der Waals surface area (Å²) in [6, 6.07) is 3.58. The Kier molecular flexibility index (Phi) is 2.07. The first kappa shape index (κ1) is 9.59. The zero-order valence-electron chi connectivity index (χ0n) is 7.93. The lowest BCUT2D eigenvalue weighted by Crippen LogP contribution is -2.23. The summed E-state index contributed by atoms with van der Waals surface area (Å²) in [6.07, 6.45) is 1.90.